The van der Waals surface area contributed by atoms with E-state index in [2.05, 4.69) is 39.9 Å². The van der Waals surface area contributed by atoms with Crippen molar-refractivity contribution < 1.29 is 0 Å². The number of aromatic nitrogens is 3. The zero-order chi connectivity index (χ0) is 13.2. The van der Waals surface area contributed by atoms with Crippen molar-refractivity contribution in [3.63, 3.8) is 0 Å². The second-order valence-electron chi connectivity index (χ2n) is 5.25. The Kier molecular flexibility index (Phi) is 3.34. The fourth-order valence-corrected chi connectivity index (χ4v) is 3.27. The molecule has 4 heteroatoms. The molecule has 2 atom stereocenters. The van der Waals surface area contributed by atoms with Gasteiger partial charge in [0.25, 0.3) is 0 Å². The molecule has 0 radical (unpaired) electrons. The number of likely N-dealkylation sites (N-methyl/N-ethyl adjacent to an activating group) is 1. The predicted molar refractivity (Wildman–Crippen MR) is 74.9 cm³/mol. The van der Waals surface area contributed by atoms with E-state index in [1.54, 1.807) is 0 Å². The van der Waals surface area contributed by atoms with Gasteiger partial charge < -0.3 is 5.32 Å². The fraction of sp³-hybridized carbons (Fsp3) is 0.467. The highest BCUT2D eigenvalue weighted by Crippen LogP contribution is 2.39. The molecule has 100 valence electrons. The maximum Gasteiger partial charge on any atom is 0.0759 e. The van der Waals surface area contributed by atoms with Crippen LogP contribution in [0.1, 0.15) is 41.6 Å². The van der Waals surface area contributed by atoms with Gasteiger partial charge in [0.1, 0.15) is 0 Å². The molecule has 0 aliphatic heterocycles. The quantitative estimate of drug-likeness (QED) is 0.915. The highest BCUT2D eigenvalue weighted by atomic mass is 15.4. The molecule has 1 aromatic heterocycles. The first-order valence-corrected chi connectivity index (χ1v) is 6.91. The SMILES string of the molecule is CNC(c1cnnn1C)C1CCCc2ccccc21. The van der Waals surface area contributed by atoms with Crippen LogP contribution in [0.5, 0.6) is 0 Å². The van der Waals surface area contributed by atoms with Gasteiger partial charge in [-0.1, -0.05) is 29.5 Å². The first-order chi connectivity index (χ1) is 9.31. The van der Waals surface area contributed by atoms with Gasteiger partial charge in [0.05, 0.1) is 17.9 Å². The summed E-state index contributed by atoms with van der Waals surface area (Å²) in [6.45, 7) is 0. The largest absolute Gasteiger partial charge is 0.311 e. The molecular weight excluding hydrogens is 236 g/mol. The van der Waals surface area contributed by atoms with E-state index >= 15 is 0 Å². The third-order valence-electron chi connectivity index (χ3n) is 4.20. The van der Waals surface area contributed by atoms with E-state index in [1.807, 2.05) is 25.0 Å². The van der Waals surface area contributed by atoms with Crippen LogP contribution in [0.25, 0.3) is 0 Å². The van der Waals surface area contributed by atoms with Gasteiger partial charge in [-0.05, 0) is 37.4 Å². The Morgan fingerprint density at radius 2 is 2.21 bits per heavy atom. The third kappa shape index (κ3) is 2.16. The number of hydrogen-bond acceptors (Lipinski definition) is 3. The summed E-state index contributed by atoms with van der Waals surface area (Å²) in [6, 6.07) is 9.09. The summed E-state index contributed by atoms with van der Waals surface area (Å²) in [5.74, 6) is 0.507. The van der Waals surface area contributed by atoms with E-state index in [-0.39, 0.29) is 6.04 Å². The minimum absolute atomic E-state index is 0.279. The van der Waals surface area contributed by atoms with Gasteiger partial charge in [-0.15, -0.1) is 5.10 Å². The molecular formula is C15H20N4. The molecule has 1 aliphatic carbocycles. The van der Waals surface area contributed by atoms with Gasteiger partial charge in [-0.2, -0.15) is 0 Å². The normalized spacial score (nSPS) is 20.0. The molecule has 0 saturated heterocycles. The Balaban J connectivity index is 2.00. The number of fused-ring (bicyclic) bond motifs is 1. The predicted octanol–water partition coefficient (Wildman–Crippen LogP) is 2.20. The Morgan fingerprint density at radius 1 is 1.37 bits per heavy atom. The Morgan fingerprint density at radius 3 is 2.95 bits per heavy atom. The highest BCUT2D eigenvalue weighted by molar-refractivity contribution is 5.34. The molecule has 0 spiro atoms. The van der Waals surface area contributed by atoms with Crippen LogP contribution < -0.4 is 5.32 Å². The lowest BCUT2D eigenvalue weighted by Crippen LogP contribution is -2.28. The van der Waals surface area contributed by atoms with Gasteiger partial charge in [0, 0.05) is 13.0 Å². The van der Waals surface area contributed by atoms with Crippen molar-refractivity contribution in [3.05, 3.63) is 47.3 Å². The average Bonchev–Trinajstić information content (AvgIpc) is 2.86. The topological polar surface area (TPSA) is 42.7 Å². The van der Waals surface area contributed by atoms with Crippen molar-refractivity contribution in [1.29, 1.82) is 0 Å². The van der Waals surface area contributed by atoms with Crippen molar-refractivity contribution in [2.45, 2.75) is 31.2 Å². The van der Waals surface area contributed by atoms with Crippen LogP contribution in [0.4, 0.5) is 0 Å². The van der Waals surface area contributed by atoms with Crippen LogP contribution in [0.3, 0.4) is 0 Å². The second kappa shape index (κ2) is 5.13. The zero-order valence-electron chi connectivity index (χ0n) is 11.5. The Bertz CT molecular complexity index is 561. The number of nitrogens with one attached hydrogen (secondary N) is 1. The van der Waals surface area contributed by atoms with E-state index in [9.17, 15) is 0 Å². The minimum atomic E-state index is 0.279. The molecule has 1 aromatic carbocycles. The third-order valence-corrected chi connectivity index (χ3v) is 4.20. The summed E-state index contributed by atoms with van der Waals surface area (Å²) in [5, 5.41) is 11.5. The van der Waals surface area contributed by atoms with Crippen LogP contribution in [0.15, 0.2) is 30.5 Å². The number of aryl methyl sites for hydroxylation is 2. The monoisotopic (exact) mass is 256 g/mol. The lowest BCUT2D eigenvalue weighted by atomic mass is 9.78. The van der Waals surface area contributed by atoms with Gasteiger partial charge >= 0.3 is 0 Å². The van der Waals surface area contributed by atoms with Gasteiger partial charge in [-0.3, -0.25) is 4.68 Å². The van der Waals surface area contributed by atoms with E-state index in [1.165, 1.54) is 30.4 Å². The van der Waals surface area contributed by atoms with Crippen molar-refractivity contribution >= 4 is 0 Å². The standard InChI is InChI=1S/C15H20N4/c1-16-15(14-10-17-18-19(14)2)13-9-5-7-11-6-3-4-8-12(11)13/h3-4,6,8,10,13,15-16H,5,7,9H2,1-2H3. The van der Waals surface area contributed by atoms with Crippen LogP contribution in [-0.4, -0.2) is 22.0 Å². The average molecular weight is 256 g/mol. The Hall–Kier alpha value is -1.68. The molecule has 4 nitrogen and oxygen atoms in total. The number of hydrogen-bond donors (Lipinski definition) is 1. The van der Waals surface area contributed by atoms with Crippen molar-refractivity contribution in [2.24, 2.45) is 7.05 Å². The van der Waals surface area contributed by atoms with Crippen LogP contribution in [-0.2, 0) is 13.5 Å². The maximum absolute atomic E-state index is 4.06. The first kappa shape index (κ1) is 12.4. The maximum atomic E-state index is 4.06. The van der Waals surface area contributed by atoms with E-state index in [0.29, 0.717) is 5.92 Å². The molecule has 1 heterocycles. The summed E-state index contributed by atoms with van der Waals surface area (Å²) >= 11 is 0. The number of nitrogens with zero attached hydrogens (tertiary/aromatic N) is 3. The van der Waals surface area contributed by atoms with Crippen LogP contribution >= 0.6 is 0 Å². The van der Waals surface area contributed by atoms with Crippen LogP contribution in [0, 0.1) is 0 Å². The molecule has 0 fully saturated rings. The van der Waals surface area contributed by atoms with Crippen molar-refractivity contribution in [1.82, 2.24) is 20.3 Å². The molecule has 2 aromatic rings. The molecule has 1 aliphatic rings. The molecule has 3 rings (SSSR count). The summed E-state index contributed by atoms with van der Waals surface area (Å²) < 4.78 is 1.87. The van der Waals surface area contributed by atoms with Crippen molar-refractivity contribution in [3.8, 4) is 0 Å². The number of rotatable bonds is 3. The van der Waals surface area contributed by atoms with Gasteiger partial charge in [0.15, 0.2) is 0 Å². The van der Waals surface area contributed by atoms with Crippen LogP contribution in [0.2, 0.25) is 0 Å². The first-order valence-electron chi connectivity index (χ1n) is 6.91. The molecule has 0 saturated carbocycles. The van der Waals surface area contributed by atoms with Gasteiger partial charge in [0.2, 0.25) is 0 Å². The Labute approximate surface area is 113 Å². The molecule has 0 bridgehead atoms. The van der Waals surface area contributed by atoms with E-state index in [0.717, 1.165) is 5.69 Å². The molecule has 19 heavy (non-hydrogen) atoms. The molecule has 0 amide bonds. The minimum Gasteiger partial charge on any atom is -0.311 e. The molecule has 1 N–H and O–H groups in total. The summed E-state index contributed by atoms with van der Waals surface area (Å²) in [6.07, 6.45) is 5.55. The lowest BCUT2D eigenvalue weighted by Gasteiger charge is -2.32. The number of benzene rings is 1. The fourth-order valence-electron chi connectivity index (χ4n) is 3.27. The molecule has 2 unspecified atom stereocenters. The summed E-state index contributed by atoms with van der Waals surface area (Å²) in [7, 11) is 3.98. The van der Waals surface area contributed by atoms with Gasteiger partial charge in [-0.25, -0.2) is 0 Å². The summed E-state index contributed by atoms with van der Waals surface area (Å²) in [4.78, 5) is 0. The van der Waals surface area contributed by atoms with E-state index < -0.39 is 0 Å². The smallest absolute Gasteiger partial charge is 0.0759 e. The second-order valence-corrected chi connectivity index (χ2v) is 5.25. The lowest BCUT2D eigenvalue weighted by molar-refractivity contribution is 0.405. The highest BCUT2D eigenvalue weighted by Gasteiger charge is 2.29. The summed E-state index contributed by atoms with van der Waals surface area (Å²) in [5.41, 5.74) is 4.13. The van der Waals surface area contributed by atoms with Crippen molar-refractivity contribution in [2.75, 3.05) is 7.05 Å². The van der Waals surface area contributed by atoms with E-state index in [4.69, 9.17) is 0 Å². The zero-order valence-corrected chi connectivity index (χ0v) is 11.5.